The molecule has 0 amide bonds. The molecule has 3 nitrogen and oxygen atoms in total. The molecule has 1 aromatic heterocycles. The number of carbonyl (C=O) groups is 1. The van der Waals surface area contributed by atoms with E-state index in [-0.39, 0.29) is 13.4 Å². The van der Waals surface area contributed by atoms with Crippen LogP contribution in [-0.2, 0) is 17.6 Å². The van der Waals surface area contributed by atoms with E-state index in [0.717, 1.165) is 47.0 Å². The van der Waals surface area contributed by atoms with Gasteiger partial charge in [0.25, 0.3) is 0 Å². The molecule has 0 radical (unpaired) electrons. The lowest BCUT2D eigenvalue weighted by atomic mass is 9.99. The number of hydrogen-bond donors (Lipinski definition) is 0. The summed E-state index contributed by atoms with van der Waals surface area (Å²) in [5.74, 6) is -0.280. The van der Waals surface area contributed by atoms with Crippen molar-refractivity contribution in [2.45, 2.75) is 40.5 Å². The van der Waals surface area contributed by atoms with Gasteiger partial charge in [-0.15, -0.1) is 0 Å². The molecule has 4 heteroatoms. The van der Waals surface area contributed by atoms with Crippen LogP contribution in [0.1, 0.15) is 60.4 Å². The number of esters is 1. The van der Waals surface area contributed by atoms with Crippen molar-refractivity contribution < 1.29 is 9.53 Å². The van der Waals surface area contributed by atoms with Crippen molar-refractivity contribution in [2.24, 2.45) is 0 Å². The maximum absolute atomic E-state index is 11.9. The van der Waals surface area contributed by atoms with Gasteiger partial charge in [-0.2, -0.15) is 0 Å². The number of nitrogens with zero attached hydrogens (tertiary/aromatic N) is 1. The van der Waals surface area contributed by atoms with Gasteiger partial charge >= 0.3 is 5.97 Å². The molecule has 3 aromatic carbocycles. The van der Waals surface area contributed by atoms with Crippen molar-refractivity contribution in [1.82, 2.24) is 4.98 Å². The van der Waals surface area contributed by atoms with E-state index in [1.54, 1.807) is 0 Å². The summed E-state index contributed by atoms with van der Waals surface area (Å²) in [7, 11) is 1.42. The molecule has 0 spiro atoms. The average molecular weight is 488 g/mol. The van der Waals surface area contributed by atoms with Crippen LogP contribution < -0.4 is 0 Å². The van der Waals surface area contributed by atoms with Crippen molar-refractivity contribution in [3.8, 4) is 0 Å². The van der Waals surface area contributed by atoms with Crippen LogP contribution in [0.15, 0.2) is 78.9 Å². The topological polar surface area (TPSA) is 39.2 Å². The van der Waals surface area contributed by atoms with Gasteiger partial charge in [0.15, 0.2) is 0 Å². The minimum Gasteiger partial charge on any atom is -0.465 e. The predicted molar refractivity (Wildman–Crippen MR) is 150 cm³/mol. The maximum atomic E-state index is 11.9. The Morgan fingerprint density at radius 2 is 1.69 bits per heavy atom. The molecule has 182 valence electrons. The number of ether oxygens (including phenoxy) is 1. The molecule has 0 bridgehead atoms. The summed E-state index contributed by atoms with van der Waals surface area (Å²) >= 11 is 6.09. The van der Waals surface area contributed by atoms with E-state index in [2.05, 4.69) is 41.4 Å². The summed E-state index contributed by atoms with van der Waals surface area (Å²) in [6.45, 7) is 4.00. The quantitative estimate of drug-likeness (QED) is 0.245. The predicted octanol–water partition coefficient (Wildman–Crippen LogP) is 8.68. The minimum absolute atomic E-state index is 0. The third-order valence-electron chi connectivity index (χ3n) is 5.41. The van der Waals surface area contributed by atoms with Gasteiger partial charge in [0.2, 0.25) is 0 Å². The number of rotatable bonds is 7. The molecule has 0 aliphatic carbocycles. The highest BCUT2D eigenvalue weighted by Gasteiger charge is 2.10. The lowest BCUT2D eigenvalue weighted by molar-refractivity contribution is 0.0599. The highest BCUT2D eigenvalue weighted by atomic mass is 35.5. The third kappa shape index (κ3) is 7.80. The van der Waals surface area contributed by atoms with Crippen LogP contribution in [-0.4, -0.2) is 18.1 Å². The van der Waals surface area contributed by atoms with Crippen LogP contribution in [0, 0.1) is 0 Å². The first-order valence-electron chi connectivity index (χ1n) is 11.6. The summed E-state index contributed by atoms with van der Waals surface area (Å²) in [6, 6.07) is 25.9. The third-order valence-corrected chi connectivity index (χ3v) is 5.64. The molecule has 0 fully saturated rings. The average Bonchev–Trinajstić information content (AvgIpc) is 2.88. The summed E-state index contributed by atoms with van der Waals surface area (Å²) in [6.07, 6.45) is 6.81. The van der Waals surface area contributed by atoms with Crippen molar-refractivity contribution in [3.63, 3.8) is 0 Å². The fourth-order valence-corrected chi connectivity index (χ4v) is 3.93. The summed E-state index contributed by atoms with van der Waals surface area (Å²) in [4.78, 5) is 16.6. The smallest absolute Gasteiger partial charge is 0.338 e. The number of carbonyl (C=O) groups excluding carboxylic acids is 1. The van der Waals surface area contributed by atoms with Crippen LogP contribution in [0.5, 0.6) is 0 Å². The fraction of sp³-hybridized carbons (Fsp3) is 0.226. The molecular formula is C31H34ClNO2. The van der Waals surface area contributed by atoms with Gasteiger partial charge in [0.1, 0.15) is 0 Å². The van der Waals surface area contributed by atoms with Crippen molar-refractivity contribution in [1.29, 1.82) is 0 Å². The number of aromatic nitrogens is 1. The van der Waals surface area contributed by atoms with E-state index < -0.39 is 0 Å². The molecule has 1 heterocycles. The van der Waals surface area contributed by atoms with Gasteiger partial charge in [-0.05, 0) is 66.3 Å². The standard InChI is InChI=1S/C28H24ClNO2.C2H6.CH4/c1-32-28(31)26-11-3-2-9-22(26)10-5-8-20-6-4-7-21(18-20)12-16-25-17-14-23-13-15-24(29)19-27(23)30-25;1-2;/h2-4,6-7,9,11-19H,5,8,10H2,1H3;1-2H3;1H4/b16-12+;;. The zero-order valence-corrected chi connectivity index (χ0v) is 20.7. The van der Waals surface area contributed by atoms with Gasteiger partial charge in [0, 0.05) is 10.4 Å². The Morgan fingerprint density at radius 3 is 2.49 bits per heavy atom. The first-order valence-corrected chi connectivity index (χ1v) is 12.0. The molecule has 4 aromatic rings. The molecule has 4 rings (SSSR count). The highest BCUT2D eigenvalue weighted by Crippen LogP contribution is 2.19. The largest absolute Gasteiger partial charge is 0.465 e. The van der Waals surface area contributed by atoms with E-state index >= 15 is 0 Å². The Labute approximate surface area is 214 Å². The lowest BCUT2D eigenvalue weighted by Crippen LogP contribution is -2.05. The molecule has 0 unspecified atom stereocenters. The van der Waals surface area contributed by atoms with E-state index in [1.807, 2.05) is 68.5 Å². The number of benzene rings is 3. The fourth-order valence-electron chi connectivity index (χ4n) is 3.76. The first kappa shape index (κ1) is 27.8. The molecule has 0 aliphatic rings. The second-order valence-electron chi connectivity index (χ2n) is 7.65. The Balaban J connectivity index is 0.00000140. The second kappa shape index (κ2) is 14.1. The Hall–Kier alpha value is -3.43. The van der Waals surface area contributed by atoms with Gasteiger partial charge in [-0.1, -0.05) is 93.5 Å². The monoisotopic (exact) mass is 487 g/mol. The van der Waals surface area contributed by atoms with E-state index in [4.69, 9.17) is 16.3 Å². The number of methoxy groups -OCH3 is 1. The number of hydrogen-bond acceptors (Lipinski definition) is 3. The van der Waals surface area contributed by atoms with Gasteiger partial charge in [0.05, 0.1) is 23.9 Å². The van der Waals surface area contributed by atoms with E-state index in [1.165, 1.54) is 12.7 Å². The zero-order valence-electron chi connectivity index (χ0n) is 19.9. The minimum atomic E-state index is -0.280. The number of halogens is 1. The van der Waals surface area contributed by atoms with Crippen molar-refractivity contribution in [2.75, 3.05) is 7.11 Å². The van der Waals surface area contributed by atoms with Gasteiger partial charge < -0.3 is 4.74 Å². The molecule has 0 N–H and O–H groups in total. The van der Waals surface area contributed by atoms with Crippen molar-refractivity contribution >= 4 is 40.6 Å². The zero-order chi connectivity index (χ0) is 24.3. The SMILES string of the molecule is C.CC.COC(=O)c1ccccc1CCCc1cccc(/C=C/c2ccc3ccc(Cl)cc3n2)c1. The molecule has 0 saturated heterocycles. The van der Waals surface area contributed by atoms with Gasteiger partial charge in [-0.3, -0.25) is 0 Å². The first-order chi connectivity index (χ1) is 16.6. The summed E-state index contributed by atoms with van der Waals surface area (Å²) in [5.41, 5.74) is 5.85. The summed E-state index contributed by atoms with van der Waals surface area (Å²) < 4.78 is 4.89. The molecule has 35 heavy (non-hydrogen) atoms. The highest BCUT2D eigenvalue weighted by molar-refractivity contribution is 6.31. The number of aryl methyl sites for hydroxylation is 2. The second-order valence-corrected chi connectivity index (χ2v) is 8.09. The lowest BCUT2D eigenvalue weighted by Gasteiger charge is -2.08. The van der Waals surface area contributed by atoms with Crippen molar-refractivity contribution in [3.05, 3.63) is 112 Å². The van der Waals surface area contributed by atoms with E-state index in [9.17, 15) is 4.79 Å². The number of fused-ring (bicyclic) bond motifs is 1. The van der Waals surface area contributed by atoms with Crippen LogP contribution >= 0.6 is 11.6 Å². The van der Waals surface area contributed by atoms with Gasteiger partial charge in [-0.25, -0.2) is 9.78 Å². The van der Waals surface area contributed by atoms with Crippen LogP contribution in [0.4, 0.5) is 0 Å². The Morgan fingerprint density at radius 1 is 0.914 bits per heavy atom. The van der Waals surface area contributed by atoms with Crippen LogP contribution in [0.3, 0.4) is 0 Å². The summed E-state index contributed by atoms with van der Waals surface area (Å²) in [5, 5.41) is 1.76. The Kier molecular flexibility index (Phi) is 11.2. The molecule has 0 saturated carbocycles. The Bertz CT molecular complexity index is 1280. The van der Waals surface area contributed by atoms with Crippen LogP contribution in [0.2, 0.25) is 5.02 Å². The van der Waals surface area contributed by atoms with E-state index in [0.29, 0.717) is 10.6 Å². The molecule has 0 aliphatic heterocycles. The molecule has 0 atom stereocenters. The van der Waals surface area contributed by atoms with Crippen LogP contribution in [0.25, 0.3) is 23.1 Å². The molecular weight excluding hydrogens is 454 g/mol. The normalized spacial score (nSPS) is 10.4. The number of pyridine rings is 1. The maximum Gasteiger partial charge on any atom is 0.338 e.